The molecule has 8 nitrogen and oxygen atoms in total. The van der Waals surface area contributed by atoms with Crippen LogP contribution in [0.1, 0.15) is 5.56 Å². The van der Waals surface area contributed by atoms with Crippen molar-refractivity contribution in [2.75, 3.05) is 18.9 Å². The van der Waals surface area contributed by atoms with Gasteiger partial charge in [0.25, 0.3) is 10.0 Å². The van der Waals surface area contributed by atoms with Crippen LogP contribution in [-0.4, -0.2) is 27.6 Å². The summed E-state index contributed by atoms with van der Waals surface area (Å²) < 4.78 is 43.2. The molecule has 132 valence electrons. The summed E-state index contributed by atoms with van der Waals surface area (Å²) in [5.74, 6) is 0.204. The second-order valence-corrected chi connectivity index (χ2v) is 6.95. The summed E-state index contributed by atoms with van der Waals surface area (Å²) in [5, 5.41) is 0. The van der Waals surface area contributed by atoms with Gasteiger partial charge in [-0.3, -0.25) is 9.71 Å². The minimum Gasteiger partial charge on any atom is -0.497 e. The molecule has 2 N–H and O–H groups in total. The van der Waals surface area contributed by atoms with Gasteiger partial charge in [-0.1, -0.05) is 0 Å². The van der Waals surface area contributed by atoms with Crippen molar-refractivity contribution in [2.24, 2.45) is 0 Å². The molecule has 1 heterocycles. The topological polar surface area (TPSA) is 111 Å². The Balaban J connectivity index is 2.05. The standard InChI is InChI=1S/C16H16N2O6S/c1-9-6-12-14(24-16(19)17-12)8-15(9)25(20,21)18-11-5-4-10(22-2)7-13(11)23-3/h4-8,18H,1-3H3,(H,17,19). The van der Waals surface area contributed by atoms with Crippen LogP contribution in [0, 0.1) is 6.92 Å². The van der Waals surface area contributed by atoms with Crippen molar-refractivity contribution in [2.45, 2.75) is 11.8 Å². The van der Waals surface area contributed by atoms with Gasteiger partial charge in [-0.25, -0.2) is 13.2 Å². The summed E-state index contributed by atoms with van der Waals surface area (Å²) in [5.41, 5.74) is 1.32. The molecule has 9 heteroatoms. The summed E-state index contributed by atoms with van der Waals surface area (Å²) in [7, 11) is -0.994. The van der Waals surface area contributed by atoms with Gasteiger partial charge in [-0.15, -0.1) is 0 Å². The SMILES string of the molecule is COc1ccc(NS(=O)(=O)c2cc3oc(=O)[nH]c3cc2C)c(OC)c1. The van der Waals surface area contributed by atoms with Crippen molar-refractivity contribution >= 4 is 26.8 Å². The molecule has 25 heavy (non-hydrogen) atoms. The van der Waals surface area contributed by atoms with E-state index in [1.807, 2.05) is 0 Å². The minimum absolute atomic E-state index is 0.000575. The maximum Gasteiger partial charge on any atom is 0.417 e. The first kappa shape index (κ1) is 16.9. The molecule has 3 aromatic rings. The molecule has 3 rings (SSSR count). The average molecular weight is 364 g/mol. The third-order valence-corrected chi connectivity index (χ3v) is 5.17. The number of H-pyrrole nitrogens is 1. The largest absolute Gasteiger partial charge is 0.497 e. The highest BCUT2D eigenvalue weighted by Gasteiger charge is 2.21. The van der Waals surface area contributed by atoms with Crippen molar-refractivity contribution in [3.05, 3.63) is 46.4 Å². The van der Waals surface area contributed by atoms with Crippen LogP contribution in [0.25, 0.3) is 11.1 Å². The van der Waals surface area contributed by atoms with Gasteiger partial charge >= 0.3 is 5.76 Å². The van der Waals surface area contributed by atoms with Gasteiger partial charge < -0.3 is 13.9 Å². The molecule has 0 atom stereocenters. The summed E-state index contributed by atoms with van der Waals surface area (Å²) in [6, 6.07) is 7.57. The highest BCUT2D eigenvalue weighted by Crippen LogP contribution is 2.32. The van der Waals surface area contributed by atoms with E-state index in [2.05, 4.69) is 9.71 Å². The lowest BCUT2D eigenvalue weighted by Gasteiger charge is -2.14. The van der Waals surface area contributed by atoms with Crippen molar-refractivity contribution in [1.82, 2.24) is 4.98 Å². The second kappa shape index (κ2) is 6.17. The number of oxazole rings is 1. The maximum atomic E-state index is 12.8. The van der Waals surface area contributed by atoms with Crippen LogP contribution >= 0.6 is 0 Å². The number of ether oxygens (including phenoxy) is 2. The maximum absolute atomic E-state index is 12.8. The number of fused-ring (bicyclic) bond motifs is 1. The molecule has 0 bridgehead atoms. The number of aryl methyl sites for hydroxylation is 1. The minimum atomic E-state index is -3.93. The zero-order valence-corrected chi connectivity index (χ0v) is 14.6. The third-order valence-electron chi connectivity index (χ3n) is 3.66. The van der Waals surface area contributed by atoms with Crippen LogP contribution in [-0.2, 0) is 10.0 Å². The molecule has 0 aliphatic rings. The van der Waals surface area contributed by atoms with E-state index in [0.29, 0.717) is 22.6 Å². The molecule has 1 aromatic heterocycles. The number of hydrogen-bond acceptors (Lipinski definition) is 6. The lowest BCUT2D eigenvalue weighted by Crippen LogP contribution is -2.15. The quantitative estimate of drug-likeness (QED) is 0.718. The van der Waals surface area contributed by atoms with Crippen LogP contribution in [0.2, 0.25) is 0 Å². The zero-order valence-electron chi connectivity index (χ0n) is 13.7. The highest BCUT2D eigenvalue weighted by atomic mass is 32.2. The van der Waals surface area contributed by atoms with Crippen LogP contribution in [0.5, 0.6) is 11.5 Å². The number of hydrogen-bond donors (Lipinski definition) is 2. The van der Waals surface area contributed by atoms with E-state index in [1.54, 1.807) is 31.2 Å². The fourth-order valence-electron chi connectivity index (χ4n) is 2.46. The van der Waals surface area contributed by atoms with Crippen LogP contribution in [0.3, 0.4) is 0 Å². The van der Waals surface area contributed by atoms with Crippen LogP contribution in [0.15, 0.2) is 44.4 Å². The molecule has 0 amide bonds. The Labute approximate surface area is 143 Å². The Morgan fingerprint density at radius 1 is 1.12 bits per heavy atom. The molecule has 0 fully saturated rings. The number of anilines is 1. The first-order valence-electron chi connectivity index (χ1n) is 7.22. The van der Waals surface area contributed by atoms with Crippen LogP contribution < -0.4 is 20.0 Å². The van der Waals surface area contributed by atoms with Gasteiger partial charge in [0, 0.05) is 12.1 Å². The van der Waals surface area contributed by atoms with E-state index in [0.717, 1.165) is 0 Å². The smallest absolute Gasteiger partial charge is 0.417 e. The Morgan fingerprint density at radius 2 is 1.88 bits per heavy atom. The van der Waals surface area contributed by atoms with Gasteiger partial charge in [0.15, 0.2) is 5.58 Å². The van der Waals surface area contributed by atoms with Crippen molar-refractivity contribution in [1.29, 1.82) is 0 Å². The molecule has 0 spiro atoms. The van der Waals surface area contributed by atoms with Gasteiger partial charge in [0.05, 0.1) is 30.3 Å². The molecular formula is C16H16N2O6S. The Bertz CT molecular complexity index is 1100. The first-order valence-corrected chi connectivity index (χ1v) is 8.70. The normalized spacial score (nSPS) is 11.5. The predicted molar refractivity (Wildman–Crippen MR) is 91.9 cm³/mol. The summed E-state index contributed by atoms with van der Waals surface area (Å²) in [6.07, 6.45) is 0. The molecular weight excluding hydrogens is 348 g/mol. The number of benzene rings is 2. The molecule has 0 saturated heterocycles. The Hall–Kier alpha value is -2.94. The van der Waals surface area contributed by atoms with Gasteiger partial charge in [0.2, 0.25) is 0 Å². The molecule has 0 unspecified atom stereocenters. The number of nitrogens with one attached hydrogen (secondary N) is 2. The monoisotopic (exact) mass is 364 g/mol. The molecule has 0 saturated carbocycles. The van der Waals surface area contributed by atoms with Gasteiger partial charge in [0.1, 0.15) is 11.5 Å². The van der Waals surface area contributed by atoms with Crippen molar-refractivity contribution < 1.29 is 22.3 Å². The Morgan fingerprint density at radius 3 is 2.56 bits per heavy atom. The van der Waals surface area contributed by atoms with Gasteiger partial charge in [-0.2, -0.15) is 0 Å². The number of methoxy groups -OCH3 is 2. The zero-order chi connectivity index (χ0) is 18.2. The van der Waals surface area contributed by atoms with E-state index in [1.165, 1.54) is 20.3 Å². The fourth-order valence-corrected chi connectivity index (χ4v) is 3.77. The van der Waals surface area contributed by atoms with E-state index in [-0.39, 0.29) is 16.2 Å². The second-order valence-electron chi connectivity index (χ2n) is 5.30. The van der Waals surface area contributed by atoms with E-state index < -0.39 is 15.8 Å². The molecule has 2 aromatic carbocycles. The number of aromatic nitrogens is 1. The van der Waals surface area contributed by atoms with E-state index in [4.69, 9.17) is 13.9 Å². The van der Waals surface area contributed by atoms with Crippen molar-refractivity contribution in [3.63, 3.8) is 0 Å². The number of sulfonamides is 1. The van der Waals surface area contributed by atoms with E-state index in [9.17, 15) is 13.2 Å². The number of rotatable bonds is 5. The average Bonchev–Trinajstić information content (AvgIpc) is 2.93. The molecule has 0 aliphatic carbocycles. The van der Waals surface area contributed by atoms with E-state index >= 15 is 0 Å². The summed E-state index contributed by atoms with van der Waals surface area (Å²) in [4.78, 5) is 13.8. The number of aromatic amines is 1. The van der Waals surface area contributed by atoms with Crippen molar-refractivity contribution in [3.8, 4) is 11.5 Å². The lowest BCUT2D eigenvalue weighted by molar-refractivity contribution is 0.395. The predicted octanol–water partition coefficient (Wildman–Crippen LogP) is 2.25. The first-order chi connectivity index (χ1) is 11.8. The summed E-state index contributed by atoms with van der Waals surface area (Å²) >= 11 is 0. The van der Waals surface area contributed by atoms with Gasteiger partial charge in [-0.05, 0) is 30.7 Å². The molecule has 0 radical (unpaired) electrons. The highest BCUT2D eigenvalue weighted by molar-refractivity contribution is 7.92. The van der Waals surface area contributed by atoms with Crippen LogP contribution in [0.4, 0.5) is 5.69 Å². The lowest BCUT2D eigenvalue weighted by atomic mass is 10.2. The summed E-state index contributed by atoms with van der Waals surface area (Å²) in [6.45, 7) is 1.63. The molecule has 0 aliphatic heterocycles. The Kier molecular flexibility index (Phi) is 4.17. The third kappa shape index (κ3) is 3.18. The fraction of sp³-hybridized carbons (Fsp3) is 0.188.